The van der Waals surface area contributed by atoms with Crippen LogP contribution in [0.2, 0.25) is 5.02 Å². The number of pyridine rings is 1. The predicted octanol–water partition coefficient (Wildman–Crippen LogP) is 6.31. The first-order valence-corrected chi connectivity index (χ1v) is 12.3. The minimum absolute atomic E-state index is 0.0449. The molecule has 0 unspecified atom stereocenters. The Balaban J connectivity index is 1.35. The monoisotopic (exact) mass is 582 g/mol. The summed E-state index contributed by atoms with van der Waals surface area (Å²) < 4.78 is 100. The van der Waals surface area contributed by atoms with Gasteiger partial charge in [-0.3, -0.25) is 4.90 Å². The van der Waals surface area contributed by atoms with Crippen molar-refractivity contribution in [1.82, 2.24) is 9.88 Å². The van der Waals surface area contributed by atoms with Gasteiger partial charge in [0.15, 0.2) is 0 Å². The van der Waals surface area contributed by atoms with Crippen LogP contribution in [-0.2, 0) is 22.3 Å². The Morgan fingerprint density at radius 3 is 2.26 bits per heavy atom. The van der Waals surface area contributed by atoms with Gasteiger partial charge in [0.05, 0.1) is 17.9 Å². The van der Waals surface area contributed by atoms with Gasteiger partial charge in [0, 0.05) is 17.6 Å². The average Bonchev–Trinajstić information content (AvgIpc) is 3.67. The molecular formula is C25H22ClF7N2O4. The number of hydrogen-bond donors (Lipinski definition) is 0. The lowest BCUT2D eigenvalue weighted by molar-refractivity contribution is -0.193. The molecule has 14 heteroatoms. The van der Waals surface area contributed by atoms with Crippen LogP contribution in [0.5, 0.6) is 5.75 Å². The molecule has 4 rings (SSSR count). The summed E-state index contributed by atoms with van der Waals surface area (Å²) in [6.45, 7) is 1.47. The molecule has 2 heterocycles. The van der Waals surface area contributed by atoms with Crippen LogP contribution in [0.25, 0.3) is 0 Å². The van der Waals surface area contributed by atoms with E-state index in [1.807, 2.05) is 4.90 Å². The number of carbonyl (C=O) groups is 2. The molecule has 2 aliphatic rings. The van der Waals surface area contributed by atoms with Crippen LogP contribution in [0.3, 0.4) is 0 Å². The van der Waals surface area contributed by atoms with E-state index in [-0.39, 0.29) is 41.5 Å². The molecule has 39 heavy (non-hydrogen) atoms. The maximum absolute atomic E-state index is 14.6. The number of likely N-dealkylation sites (tertiary alicyclic amines) is 1. The van der Waals surface area contributed by atoms with E-state index in [2.05, 4.69) is 9.72 Å². The maximum Gasteiger partial charge on any atom is 0.491 e. The third-order valence-corrected chi connectivity index (χ3v) is 6.67. The topological polar surface area (TPSA) is 68.7 Å². The summed E-state index contributed by atoms with van der Waals surface area (Å²) in [7, 11) is 0. The molecule has 2 aromatic rings. The van der Waals surface area contributed by atoms with Gasteiger partial charge in [-0.25, -0.2) is 19.0 Å². The lowest BCUT2D eigenvalue weighted by Gasteiger charge is -2.31. The van der Waals surface area contributed by atoms with Crippen molar-refractivity contribution >= 4 is 23.5 Å². The van der Waals surface area contributed by atoms with Crippen molar-refractivity contribution in [3.8, 4) is 5.75 Å². The van der Waals surface area contributed by atoms with Crippen molar-refractivity contribution in [1.29, 1.82) is 0 Å². The zero-order valence-electron chi connectivity index (χ0n) is 20.2. The molecule has 1 aliphatic carbocycles. The van der Waals surface area contributed by atoms with E-state index in [4.69, 9.17) is 16.3 Å². The van der Waals surface area contributed by atoms with Gasteiger partial charge in [-0.2, -0.15) is 26.3 Å². The first-order valence-electron chi connectivity index (χ1n) is 12.0. The standard InChI is InChI=1S/C25H22ClF7N2O4/c26-15-7-16(34-21(8-15)24(28,29)30)11-35-5-3-13(4-6-35)12-38-20-10-19(27)18(9-17(20)14-1-2-14)22(36)39-23(37)25(31,32)33/h7-10,13-14H,1-6,11-12H2. The summed E-state index contributed by atoms with van der Waals surface area (Å²) >= 11 is 5.83. The van der Waals surface area contributed by atoms with Gasteiger partial charge in [0.2, 0.25) is 0 Å². The van der Waals surface area contributed by atoms with Crippen molar-refractivity contribution in [3.63, 3.8) is 0 Å². The molecular weight excluding hydrogens is 561 g/mol. The quantitative estimate of drug-likeness (QED) is 0.217. The third-order valence-electron chi connectivity index (χ3n) is 6.45. The van der Waals surface area contributed by atoms with Crippen LogP contribution in [0.1, 0.15) is 58.9 Å². The number of rotatable bonds is 7. The van der Waals surface area contributed by atoms with Crippen LogP contribution in [0, 0.1) is 11.7 Å². The number of esters is 2. The first kappa shape index (κ1) is 29.1. The summed E-state index contributed by atoms with van der Waals surface area (Å²) in [6, 6.07) is 4.12. The zero-order valence-corrected chi connectivity index (χ0v) is 20.9. The number of ether oxygens (including phenoxy) is 2. The van der Waals surface area contributed by atoms with Crippen LogP contribution in [0.15, 0.2) is 24.3 Å². The van der Waals surface area contributed by atoms with E-state index in [0.29, 0.717) is 44.3 Å². The van der Waals surface area contributed by atoms with Crippen molar-refractivity contribution in [2.24, 2.45) is 5.92 Å². The molecule has 212 valence electrons. The molecule has 0 spiro atoms. The average molecular weight is 583 g/mol. The number of benzene rings is 1. The number of alkyl halides is 6. The van der Waals surface area contributed by atoms with E-state index in [1.54, 1.807) is 0 Å². The highest BCUT2D eigenvalue weighted by molar-refractivity contribution is 6.30. The molecule has 1 aromatic heterocycles. The second-order valence-electron chi connectivity index (χ2n) is 9.51. The Morgan fingerprint density at radius 2 is 1.67 bits per heavy atom. The summed E-state index contributed by atoms with van der Waals surface area (Å²) in [5.74, 6) is -5.54. The molecule has 0 atom stereocenters. The number of hydrogen-bond acceptors (Lipinski definition) is 6. The van der Waals surface area contributed by atoms with Crippen LogP contribution in [-0.4, -0.2) is 47.7 Å². The fraction of sp³-hybridized carbons (Fsp3) is 0.480. The van der Waals surface area contributed by atoms with Crippen molar-refractivity contribution < 1.29 is 49.8 Å². The number of nitrogens with zero attached hydrogens (tertiary/aromatic N) is 2. The lowest BCUT2D eigenvalue weighted by atomic mass is 9.97. The van der Waals surface area contributed by atoms with Gasteiger partial charge in [0.1, 0.15) is 17.3 Å². The fourth-order valence-corrected chi connectivity index (χ4v) is 4.52. The van der Waals surface area contributed by atoms with Gasteiger partial charge in [-0.15, -0.1) is 0 Å². The van der Waals surface area contributed by atoms with E-state index in [9.17, 15) is 40.3 Å². The number of halogens is 8. The molecule has 0 amide bonds. The Morgan fingerprint density at radius 1 is 1.00 bits per heavy atom. The highest BCUT2D eigenvalue weighted by Crippen LogP contribution is 2.45. The molecule has 1 aliphatic heterocycles. The molecule has 1 saturated carbocycles. The zero-order chi connectivity index (χ0) is 28.5. The van der Waals surface area contributed by atoms with Gasteiger partial charge >= 0.3 is 24.3 Å². The highest BCUT2D eigenvalue weighted by Gasteiger charge is 2.43. The molecule has 1 saturated heterocycles. The summed E-state index contributed by atoms with van der Waals surface area (Å²) in [6.07, 6.45) is -7.31. The van der Waals surface area contributed by atoms with Crippen LogP contribution in [0.4, 0.5) is 30.7 Å². The predicted molar refractivity (Wildman–Crippen MR) is 123 cm³/mol. The van der Waals surface area contributed by atoms with Gasteiger partial charge in [0.25, 0.3) is 0 Å². The fourth-order valence-electron chi connectivity index (χ4n) is 4.29. The van der Waals surface area contributed by atoms with Crippen molar-refractivity contribution in [3.05, 3.63) is 57.6 Å². The second kappa shape index (κ2) is 11.3. The summed E-state index contributed by atoms with van der Waals surface area (Å²) in [4.78, 5) is 28.5. The minimum Gasteiger partial charge on any atom is -0.493 e. The van der Waals surface area contributed by atoms with Crippen molar-refractivity contribution in [2.75, 3.05) is 19.7 Å². The third kappa shape index (κ3) is 7.59. The van der Waals surface area contributed by atoms with Gasteiger partial charge in [-0.05, 0) is 74.4 Å². The Hall–Kier alpha value is -2.93. The molecule has 0 bridgehead atoms. The van der Waals surface area contributed by atoms with E-state index < -0.39 is 41.4 Å². The van der Waals surface area contributed by atoms with Crippen LogP contribution < -0.4 is 4.74 Å². The molecule has 0 radical (unpaired) electrons. The number of piperidine rings is 1. The normalized spacial score (nSPS) is 17.2. The Kier molecular flexibility index (Phi) is 8.41. The summed E-state index contributed by atoms with van der Waals surface area (Å²) in [5, 5.41) is -0.0551. The first-order chi connectivity index (χ1) is 18.2. The SMILES string of the molecule is O=C(OC(=O)C(F)(F)F)c1cc(C2CC2)c(OCC2CCN(Cc3cc(Cl)cc(C(F)(F)F)n3)CC2)cc1F. The molecule has 0 N–H and O–H groups in total. The van der Waals surface area contributed by atoms with Crippen molar-refractivity contribution in [2.45, 2.75) is 50.5 Å². The van der Waals surface area contributed by atoms with Gasteiger partial charge in [-0.1, -0.05) is 11.6 Å². The summed E-state index contributed by atoms with van der Waals surface area (Å²) in [5.41, 5.74) is -1.21. The Bertz CT molecular complexity index is 1240. The molecule has 2 fully saturated rings. The smallest absolute Gasteiger partial charge is 0.491 e. The van der Waals surface area contributed by atoms with E-state index in [0.717, 1.165) is 18.2 Å². The van der Waals surface area contributed by atoms with Crippen LogP contribution >= 0.6 is 11.6 Å². The second-order valence-corrected chi connectivity index (χ2v) is 9.95. The molecule has 1 aromatic carbocycles. The Labute approximate surface area is 223 Å². The van der Waals surface area contributed by atoms with Gasteiger partial charge < -0.3 is 9.47 Å². The largest absolute Gasteiger partial charge is 0.493 e. The number of carbonyl (C=O) groups excluding carboxylic acids is 2. The maximum atomic E-state index is 14.6. The lowest BCUT2D eigenvalue weighted by Crippen LogP contribution is -2.35. The highest BCUT2D eigenvalue weighted by atomic mass is 35.5. The molecule has 6 nitrogen and oxygen atoms in total. The van der Waals surface area contributed by atoms with E-state index in [1.165, 1.54) is 6.07 Å². The number of aromatic nitrogens is 1. The van der Waals surface area contributed by atoms with E-state index >= 15 is 0 Å². The minimum atomic E-state index is -5.40.